The van der Waals surface area contributed by atoms with Crippen LogP contribution in [0.3, 0.4) is 0 Å². The van der Waals surface area contributed by atoms with Gasteiger partial charge in [0.05, 0.1) is 35.9 Å². The van der Waals surface area contributed by atoms with Crippen LogP contribution in [0.5, 0.6) is 0 Å². The minimum atomic E-state index is -0.0219. The van der Waals surface area contributed by atoms with E-state index in [9.17, 15) is 4.79 Å². The Morgan fingerprint density at radius 1 is 1.11 bits per heavy atom. The topological polar surface area (TPSA) is 62.8 Å². The molecule has 2 aromatic rings. The number of nitrogens with one attached hydrogen (secondary N) is 2. The maximum atomic E-state index is 14.3. The first-order valence-electron chi connectivity index (χ1n) is 13.5. The molecule has 0 aromatic heterocycles. The molecule has 3 aliphatic rings. The van der Waals surface area contributed by atoms with E-state index in [2.05, 4.69) is 41.8 Å². The first kappa shape index (κ1) is 27.6. The summed E-state index contributed by atoms with van der Waals surface area (Å²) in [5.74, 6) is 0.453. The van der Waals surface area contributed by atoms with Gasteiger partial charge in [0.1, 0.15) is 0 Å². The van der Waals surface area contributed by atoms with Gasteiger partial charge < -0.3 is 25.0 Å². The maximum absolute atomic E-state index is 14.3. The fourth-order valence-corrected chi connectivity index (χ4v) is 5.89. The lowest BCUT2D eigenvalue weighted by Crippen LogP contribution is -2.60. The quantitative estimate of drug-likeness (QED) is 0.403. The van der Waals surface area contributed by atoms with E-state index in [0.717, 1.165) is 60.2 Å². The number of amides is 1. The van der Waals surface area contributed by atoms with Crippen LogP contribution in [0.15, 0.2) is 48.0 Å². The molecular weight excluding hydrogens is 521 g/mol. The van der Waals surface area contributed by atoms with Crippen LogP contribution in [0.4, 0.5) is 0 Å². The summed E-state index contributed by atoms with van der Waals surface area (Å²) >= 11 is 12.8. The van der Waals surface area contributed by atoms with Gasteiger partial charge in [-0.05, 0) is 47.6 Å². The van der Waals surface area contributed by atoms with Gasteiger partial charge in [-0.15, -0.1) is 0 Å². The Bertz CT molecular complexity index is 1170. The lowest BCUT2D eigenvalue weighted by molar-refractivity contribution is -0.128. The van der Waals surface area contributed by atoms with Gasteiger partial charge in [-0.2, -0.15) is 0 Å². The van der Waals surface area contributed by atoms with Crippen LogP contribution in [0, 0.1) is 5.92 Å². The van der Waals surface area contributed by atoms with E-state index in [1.807, 2.05) is 17.0 Å². The Morgan fingerprint density at radius 3 is 2.63 bits per heavy atom. The third-order valence-electron chi connectivity index (χ3n) is 7.58. The van der Waals surface area contributed by atoms with Crippen LogP contribution in [0.25, 0.3) is 5.57 Å². The fraction of sp³-hybridized carbons (Fsp3) is 0.500. The molecule has 1 amide bonds. The summed E-state index contributed by atoms with van der Waals surface area (Å²) in [4.78, 5) is 16.3. The number of carbonyl (C=O) groups excluding carboxylic acids is 1. The molecule has 204 valence electrons. The van der Waals surface area contributed by atoms with Gasteiger partial charge in [-0.3, -0.25) is 4.79 Å². The average Bonchev–Trinajstić information content (AvgIpc) is 3.75. The summed E-state index contributed by atoms with van der Waals surface area (Å²) in [6.45, 7) is 6.13. The minimum absolute atomic E-state index is 0.0219. The van der Waals surface area contributed by atoms with Crippen molar-refractivity contribution >= 4 is 34.7 Å². The van der Waals surface area contributed by atoms with Crippen molar-refractivity contribution in [3.8, 4) is 0 Å². The number of hydrogen-bond donors (Lipinski definition) is 2. The molecule has 2 fully saturated rings. The Balaban J connectivity index is 1.40. The van der Waals surface area contributed by atoms with E-state index < -0.39 is 0 Å². The van der Waals surface area contributed by atoms with Crippen LogP contribution in [-0.2, 0) is 27.4 Å². The van der Waals surface area contributed by atoms with Crippen molar-refractivity contribution in [3.63, 3.8) is 0 Å². The van der Waals surface area contributed by atoms with Gasteiger partial charge in [0.25, 0.3) is 5.91 Å². The van der Waals surface area contributed by atoms with Crippen LogP contribution in [0.2, 0.25) is 10.0 Å². The predicted octanol–water partition coefficient (Wildman–Crippen LogP) is 5.07. The van der Waals surface area contributed by atoms with Crippen LogP contribution < -0.4 is 10.6 Å². The van der Waals surface area contributed by atoms with Crippen molar-refractivity contribution in [3.05, 3.63) is 74.8 Å². The fourth-order valence-electron chi connectivity index (χ4n) is 5.51. The number of ether oxygens (including phenoxy) is 2. The van der Waals surface area contributed by atoms with Gasteiger partial charge >= 0.3 is 0 Å². The zero-order valence-electron chi connectivity index (χ0n) is 22.1. The highest BCUT2D eigenvalue weighted by atomic mass is 35.5. The number of halogens is 2. The third-order valence-corrected chi connectivity index (χ3v) is 8.43. The second kappa shape index (κ2) is 12.5. The highest BCUT2D eigenvalue weighted by molar-refractivity contribution is 6.42. The van der Waals surface area contributed by atoms with Gasteiger partial charge in [0.2, 0.25) is 0 Å². The standard InChI is InChI=1S/C30H37Cl2N3O3/c1-19(16-37-2)17-38-18-20-6-8-21(9-7-20)25-12-23-13-33-14-27(34-23)28(25)30(36)35(24-10-11-24)15-22-4-3-5-26(31)29(22)32/h3-9,19,23-24,27,33-34H,10-18H2,1-2H3/t19-,23?,27?/m0/s1. The summed E-state index contributed by atoms with van der Waals surface area (Å²) in [6, 6.07) is 14.7. The monoisotopic (exact) mass is 557 g/mol. The first-order chi connectivity index (χ1) is 18.4. The summed E-state index contributed by atoms with van der Waals surface area (Å²) in [6.07, 6.45) is 2.85. The summed E-state index contributed by atoms with van der Waals surface area (Å²) in [5.41, 5.74) is 5.14. The molecule has 2 aliphatic heterocycles. The maximum Gasteiger partial charge on any atom is 0.252 e. The lowest BCUT2D eigenvalue weighted by atomic mass is 9.83. The van der Waals surface area contributed by atoms with Crippen LogP contribution in [0.1, 0.15) is 42.9 Å². The van der Waals surface area contributed by atoms with E-state index in [0.29, 0.717) is 48.4 Å². The predicted molar refractivity (Wildman–Crippen MR) is 152 cm³/mol. The normalized spacial score (nSPS) is 21.9. The van der Waals surface area contributed by atoms with Crippen molar-refractivity contribution < 1.29 is 14.3 Å². The zero-order valence-corrected chi connectivity index (χ0v) is 23.7. The molecule has 1 aliphatic carbocycles. The number of rotatable bonds is 11. The number of methoxy groups -OCH3 is 1. The summed E-state index contributed by atoms with van der Waals surface area (Å²) in [7, 11) is 1.71. The SMILES string of the molecule is COC[C@H](C)COCc1ccc(C2=C(C(=O)N(Cc3cccc(Cl)c3Cl)C3CC3)C3CNCC(C2)N3)cc1. The molecule has 2 N–H and O–H groups in total. The van der Waals surface area contributed by atoms with Gasteiger partial charge in [0, 0.05) is 50.3 Å². The minimum Gasteiger partial charge on any atom is -0.384 e. The van der Waals surface area contributed by atoms with E-state index in [4.69, 9.17) is 32.7 Å². The number of nitrogens with zero attached hydrogens (tertiary/aromatic N) is 1. The molecule has 2 aromatic carbocycles. The molecule has 1 saturated heterocycles. The highest BCUT2D eigenvalue weighted by Gasteiger charge is 2.41. The molecule has 0 spiro atoms. The molecule has 2 bridgehead atoms. The molecular formula is C30H37Cl2N3O3. The van der Waals surface area contributed by atoms with Crippen molar-refractivity contribution in [1.29, 1.82) is 0 Å². The zero-order chi connectivity index (χ0) is 26.6. The summed E-state index contributed by atoms with van der Waals surface area (Å²) < 4.78 is 11.1. The molecule has 2 unspecified atom stereocenters. The Morgan fingerprint density at radius 2 is 1.89 bits per heavy atom. The molecule has 38 heavy (non-hydrogen) atoms. The Labute approximate surface area is 235 Å². The number of piperazine rings is 1. The van der Waals surface area contributed by atoms with Crippen molar-refractivity contribution in [2.24, 2.45) is 5.92 Å². The first-order valence-corrected chi connectivity index (χ1v) is 14.3. The second-order valence-corrected chi connectivity index (χ2v) is 11.6. The number of carbonyl (C=O) groups is 1. The lowest BCUT2D eigenvalue weighted by Gasteiger charge is -2.41. The molecule has 8 heteroatoms. The molecule has 0 radical (unpaired) electrons. The van der Waals surface area contributed by atoms with E-state index in [1.165, 1.54) is 0 Å². The number of hydrogen-bond acceptors (Lipinski definition) is 5. The van der Waals surface area contributed by atoms with Crippen LogP contribution in [-0.4, -0.2) is 62.3 Å². The average molecular weight is 559 g/mol. The number of fused-ring (bicyclic) bond motifs is 2. The van der Waals surface area contributed by atoms with E-state index in [1.54, 1.807) is 13.2 Å². The molecule has 2 heterocycles. The van der Waals surface area contributed by atoms with Crippen molar-refractivity contribution in [1.82, 2.24) is 15.5 Å². The van der Waals surface area contributed by atoms with Crippen molar-refractivity contribution in [2.45, 2.75) is 57.5 Å². The summed E-state index contributed by atoms with van der Waals surface area (Å²) in [5, 5.41) is 8.25. The molecule has 5 rings (SSSR count). The second-order valence-electron chi connectivity index (χ2n) is 10.8. The van der Waals surface area contributed by atoms with Crippen molar-refractivity contribution in [2.75, 3.05) is 33.4 Å². The smallest absolute Gasteiger partial charge is 0.252 e. The highest BCUT2D eigenvalue weighted by Crippen LogP contribution is 2.37. The third kappa shape index (κ3) is 6.44. The van der Waals surface area contributed by atoms with Gasteiger partial charge in [0.15, 0.2) is 0 Å². The van der Waals surface area contributed by atoms with Crippen LogP contribution >= 0.6 is 23.2 Å². The van der Waals surface area contributed by atoms with E-state index >= 15 is 0 Å². The largest absolute Gasteiger partial charge is 0.384 e. The molecule has 1 saturated carbocycles. The molecule has 3 atom stereocenters. The number of benzene rings is 2. The van der Waals surface area contributed by atoms with E-state index in [-0.39, 0.29) is 18.0 Å². The Kier molecular flexibility index (Phi) is 9.09. The van der Waals surface area contributed by atoms with Gasteiger partial charge in [-0.25, -0.2) is 0 Å². The Hall–Kier alpha value is -1.93. The molecule has 6 nitrogen and oxygen atoms in total. The van der Waals surface area contributed by atoms with Gasteiger partial charge in [-0.1, -0.05) is 66.5 Å².